The standard InChI is InChI=1S/C27H54N2O3S2/c1-2-3-4-5-6-8-11-15-25(16-12-9-7-10-13-18-27(31)32)17-14-20-29(21-23-34)24-26(30)28-19-22-33/h25,33-34H,2-24H2,1H3,(H,28,30)(H,31,32). The lowest BCUT2D eigenvalue weighted by atomic mass is 9.90. The molecular formula is C27H54N2O3S2. The van der Waals surface area contributed by atoms with Crippen LogP contribution in [0.4, 0.5) is 0 Å². The summed E-state index contributed by atoms with van der Waals surface area (Å²) < 4.78 is 0. The van der Waals surface area contributed by atoms with Crippen LogP contribution in [0.25, 0.3) is 0 Å². The minimum atomic E-state index is -0.680. The summed E-state index contributed by atoms with van der Waals surface area (Å²) >= 11 is 8.53. The van der Waals surface area contributed by atoms with Gasteiger partial charge >= 0.3 is 5.97 Å². The molecule has 2 N–H and O–H groups in total. The van der Waals surface area contributed by atoms with E-state index in [4.69, 9.17) is 5.11 Å². The molecule has 0 aliphatic carbocycles. The van der Waals surface area contributed by atoms with E-state index in [0.29, 0.717) is 25.3 Å². The van der Waals surface area contributed by atoms with Gasteiger partial charge in [0.1, 0.15) is 0 Å². The topological polar surface area (TPSA) is 69.6 Å². The lowest BCUT2D eigenvalue weighted by Gasteiger charge is -2.23. The molecule has 0 aliphatic rings. The Bertz CT molecular complexity index is 481. The highest BCUT2D eigenvalue weighted by Crippen LogP contribution is 2.23. The third-order valence-corrected chi connectivity index (χ3v) is 6.95. The quantitative estimate of drug-likeness (QED) is 0.0767. The molecule has 0 aromatic carbocycles. The van der Waals surface area contributed by atoms with Crippen molar-refractivity contribution in [2.24, 2.45) is 5.92 Å². The van der Waals surface area contributed by atoms with E-state index in [0.717, 1.165) is 50.4 Å². The molecule has 1 atom stereocenters. The Hall–Kier alpha value is -0.400. The number of thiol groups is 2. The summed E-state index contributed by atoms with van der Waals surface area (Å²) in [6.45, 7) is 5.14. The van der Waals surface area contributed by atoms with Gasteiger partial charge in [-0.3, -0.25) is 14.5 Å². The Labute approximate surface area is 221 Å². The fourth-order valence-electron chi connectivity index (χ4n) is 4.53. The number of carbonyl (C=O) groups excluding carboxylic acids is 1. The monoisotopic (exact) mass is 518 g/mol. The molecule has 1 amide bonds. The SMILES string of the molecule is CCCCCCCCCC(CCCCCCCC(=O)O)CCCN(CCS)CC(=O)NCCS. The van der Waals surface area contributed by atoms with Gasteiger partial charge in [0.2, 0.25) is 5.91 Å². The molecular weight excluding hydrogens is 464 g/mol. The van der Waals surface area contributed by atoms with Crippen molar-refractivity contribution in [1.29, 1.82) is 0 Å². The van der Waals surface area contributed by atoms with Crippen LogP contribution in [0.1, 0.15) is 116 Å². The van der Waals surface area contributed by atoms with Gasteiger partial charge in [-0.15, -0.1) is 0 Å². The molecule has 0 aromatic rings. The van der Waals surface area contributed by atoms with Crippen LogP contribution in [0.3, 0.4) is 0 Å². The first-order chi connectivity index (χ1) is 16.5. The van der Waals surface area contributed by atoms with Gasteiger partial charge in [0.25, 0.3) is 0 Å². The van der Waals surface area contributed by atoms with E-state index < -0.39 is 5.97 Å². The van der Waals surface area contributed by atoms with Crippen molar-refractivity contribution in [2.45, 2.75) is 116 Å². The largest absolute Gasteiger partial charge is 0.481 e. The molecule has 0 radical (unpaired) electrons. The zero-order chi connectivity index (χ0) is 25.3. The van der Waals surface area contributed by atoms with Crippen molar-refractivity contribution in [2.75, 3.05) is 37.7 Å². The Morgan fingerprint density at radius 2 is 1.32 bits per heavy atom. The average molecular weight is 519 g/mol. The highest BCUT2D eigenvalue weighted by Gasteiger charge is 2.13. The molecule has 7 heteroatoms. The predicted molar refractivity (Wildman–Crippen MR) is 152 cm³/mol. The third-order valence-electron chi connectivity index (χ3n) is 6.52. The second kappa shape index (κ2) is 25.7. The van der Waals surface area contributed by atoms with E-state index in [-0.39, 0.29) is 5.91 Å². The van der Waals surface area contributed by atoms with E-state index in [1.807, 2.05) is 0 Å². The van der Waals surface area contributed by atoms with Gasteiger partial charge < -0.3 is 10.4 Å². The van der Waals surface area contributed by atoms with Crippen LogP contribution < -0.4 is 5.32 Å². The smallest absolute Gasteiger partial charge is 0.303 e. The second-order valence-corrected chi connectivity index (χ2v) is 10.6. The molecule has 202 valence electrons. The van der Waals surface area contributed by atoms with Gasteiger partial charge in [-0.05, 0) is 31.7 Å². The zero-order valence-corrected chi connectivity index (χ0v) is 23.7. The number of rotatable bonds is 26. The zero-order valence-electron chi connectivity index (χ0n) is 21.9. The molecule has 1 unspecified atom stereocenters. The van der Waals surface area contributed by atoms with Gasteiger partial charge in [0, 0.05) is 31.0 Å². The second-order valence-electron chi connectivity index (χ2n) is 9.69. The maximum Gasteiger partial charge on any atom is 0.303 e. The van der Waals surface area contributed by atoms with Crippen molar-refractivity contribution in [3.05, 3.63) is 0 Å². The van der Waals surface area contributed by atoms with E-state index in [1.165, 1.54) is 77.0 Å². The van der Waals surface area contributed by atoms with Gasteiger partial charge in [0.05, 0.1) is 6.54 Å². The maximum atomic E-state index is 12.1. The number of nitrogens with one attached hydrogen (secondary N) is 1. The van der Waals surface area contributed by atoms with Gasteiger partial charge in [-0.25, -0.2) is 0 Å². The molecule has 0 spiro atoms. The van der Waals surface area contributed by atoms with Crippen molar-refractivity contribution in [3.63, 3.8) is 0 Å². The van der Waals surface area contributed by atoms with E-state index >= 15 is 0 Å². The number of hydrogen-bond acceptors (Lipinski definition) is 5. The number of carboxylic acids is 1. The molecule has 0 aliphatic heterocycles. The maximum absolute atomic E-state index is 12.1. The normalized spacial score (nSPS) is 12.2. The number of hydrogen-bond donors (Lipinski definition) is 4. The van der Waals surface area contributed by atoms with Gasteiger partial charge in [-0.1, -0.05) is 90.4 Å². The van der Waals surface area contributed by atoms with Crippen LogP contribution in [0, 0.1) is 5.92 Å². The minimum Gasteiger partial charge on any atom is -0.481 e. The van der Waals surface area contributed by atoms with Crippen molar-refractivity contribution >= 4 is 37.1 Å². The number of aliphatic carboxylic acids is 1. The molecule has 0 aromatic heterocycles. The summed E-state index contributed by atoms with van der Waals surface area (Å²) in [4.78, 5) is 25.0. The van der Waals surface area contributed by atoms with Crippen LogP contribution in [0.15, 0.2) is 0 Å². The van der Waals surface area contributed by atoms with Gasteiger partial charge in [-0.2, -0.15) is 25.3 Å². The van der Waals surface area contributed by atoms with Crippen LogP contribution in [0.2, 0.25) is 0 Å². The van der Waals surface area contributed by atoms with Crippen molar-refractivity contribution < 1.29 is 14.7 Å². The number of nitrogens with zero attached hydrogens (tertiary/aromatic N) is 1. The number of carboxylic acid groups (broad SMARTS) is 1. The Kier molecular flexibility index (Phi) is 25.4. The van der Waals surface area contributed by atoms with E-state index in [2.05, 4.69) is 42.4 Å². The number of amides is 1. The molecule has 0 rings (SSSR count). The lowest BCUT2D eigenvalue weighted by Crippen LogP contribution is -2.39. The number of carbonyl (C=O) groups is 2. The summed E-state index contributed by atoms with van der Waals surface area (Å²) in [6.07, 6.45) is 20.2. The first-order valence-electron chi connectivity index (χ1n) is 14.0. The summed E-state index contributed by atoms with van der Waals surface area (Å²) in [6, 6.07) is 0. The van der Waals surface area contributed by atoms with Crippen molar-refractivity contribution in [1.82, 2.24) is 10.2 Å². The Balaban J connectivity index is 4.33. The Morgan fingerprint density at radius 1 is 0.765 bits per heavy atom. The highest BCUT2D eigenvalue weighted by atomic mass is 32.1. The first kappa shape index (κ1) is 33.6. The Morgan fingerprint density at radius 3 is 1.88 bits per heavy atom. The van der Waals surface area contributed by atoms with Gasteiger partial charge in [0.15, 0.2) is 0 Å². The third kappa shape index (κ3) is 23.3. The molecule has 0 heterocycles. The fraction of sp³-hybridized carbons (Fsp3) is 0.926. The predicted octanol–water partition coefficient (Wildman–Crippen LogP) is 6.62. The summed E-state index contributed by atoms with van der Waals surface area (Å²) in [5, 5.41) is 11.7. The van der Waals surface area contributed by atoms with Crippen LogP contribution >= 0.6 is 25.3 Å². The highest BCUT2D eigenvalue weighted by molar-refractivity contribution is 7.80. The molecule has 5 nitrogen and oxygen atoms in total. The van der Waals surface area contributed by atoms with E-state index in [1.54, 1.807) is 0 Å². The number of unbranched alkanes of at least 4 members (excludes halogenated alkanes) is 10. The molecule has 0 fully saturated rings. The summed E-state index contributed by atoms with van der Waals surface area (Å²) in [5.41, 5.74) is 0. The van der Waals surface area contributed by atoms with Crippen molar-refractivity contribution in [3.8, 4) is 0 Å². The minimum absolute atomic E-state index is 0.0818. The molecule has 0 saturated carbocycles. The fourth-order valence-corrected chi connectivity index (χ4v) is 4.93. The summed E-state index contributed by atoms with van der Waals surface area (Å²) in [7, 11) is 0. The molecule has 0 bridgehead atoms. The van der Waals surface area contributed by atoms with Crippen LogP contribution in [0.5, 0.6) is 0 Å². The van der Waals surface area contributed by atoms with Crippen LogP contribution in [-0.4, -0.2) is 59.6 Å². The first-order valence-corrected chi connectivity index (χ1v) is 15.2. The molecule has 0 saturated heterocycles. The summed E-state index contributed by atoms with van der Waals surface area (Å²) in [5.74, 6) is 1.60. The molecule has 34 heavy (non-hydrogen) atoms. The van der Waals surface area contributed by atoms with E-state index in [9.17, 15) is 9.59 Å². The average Bonchev–Trinajstić information content (AvgIpc) is 2.80. The van der Waals surface area contributed by atoms with Crippen LogP contribution in [-0.2, 0) is 9.59 Å². The lowest BCUT2D eigenvalue weighted by molar-refractivity contribution is -0.137.